The summed E-state index contributed by atoms with van der Waals surface area (Å²) in [6, 6.07) is 0. The number of hydrogen-bond acceptors (Lipinski definition) is 2. The van der Waals surface area contributed by atoms with Gasteiger partial charge in [0.05, 0.1) is 0 Å². The Hall–Kier alpha value is -1.94. The van der Waals surface area contributed by atoms with Crippen LogP contribution >= 0.6 is 0 Å². The summed E-state index contributed by atoms with van der Waals surface area (Å²) in [6.07, 6.45) is 1.04. The fourth-order valence-electron chi connectivity index (χ4n) is 0.385. The molecule has 0 saturated heterocycles. The van der Waals surface area contributed by atoms with E-state index in [1.807, 2.05) is 5.92 Å². The Morgan fingerprint density at radius 3 is 2.83 bits per heavy atom. The zero-order valence-corrected chi connectivity index (χ0v) is 6.26. The highest BCUT2D eigenvalue weighted by Crippen LogP contribution is 1.68. The minimum atomic E-state index is -1.20. The molecule has 4 heteroatoms. The molecule has 0 rings (SSSR count). The molecule has 0 fully saturated rings. The van der Waals surface area contributed by atoms with Gasteiger partial charge in [0, 0.05) is 18.9 Å². The van der Waals surface area contributed by atoms with Gasteiger partial charge >= 0.3 is 5.97 Å². The van der Waals surface area contributed by atoms with Gasteiger partial charge in [-0.2, -0.15) is 0 Å². The molecule has 0 aromatic carbocycles. The molecular formula is C8H7NO3. The largest absolute Gasteiger partial charge is 0.472 e. The minimum Gasteiger partial charge on any atom is -0.472 e. The van der Waals surface area contributed by atoms with Crippen LogP contribution in [0, 0.1) is 23.7 Å². The number of carboxylic acid groups (broad SMARTS) is 1. The molecule has 0 unspecified atom stereocenters. The lowest BCUT2D eigenvalue weighted by Crippen LogP contribution is -2.10. The summed E-state index contributed by atoms with van der Waals surface area (Å²) in [5, 5.41) is 10.5. The number of rotatable bonds is 3. The molecule has 62 valence electrons. The molecule has 0 aliphatic carbocycles. The van der Waals surface area contributed by atoms with Gasteiger partial charge in [0.15, 0.2) is 0 Å². The van der Waals surface area contributed by atoms with Crippen LogP contribution in [0.5, 0.6) is 0 Å². The molecule has 0 radical (unpaired) electrons. The van der Waals surface area contributed by atoms with Crippen LogP contribution in [-0.4, -0.2) is 24.0 Å². The van der Waals surface area contributed by atoms with Crippen molar-refractivity contribution in [1.29, 1.82) is 0 Å². The first-order valence-electron chi connectivity index (χ1n) is 3.16. The van der Waals surface area contributed by atoms with Crippen molar-refractivity contribution in [2.75, 3.05) is 6.54 Å². The maximum Gasteiger partial charge on any atom is 0.382 e. The highest BCUT2D eigenvalue weighted by molar-refractivity contribution is 5.87. The first-order valence-corrected chi connectivity index (χ1v) is 3.16. The maximum atomic E-state index is 9.83. The van der Waals surface area contributed by atoms with Gasteiger partial charge in [0.25, 0.3) is 0 Å². The fourth-order valence-corrected chi connectivity index (χ4v) is 0.385. The molecular weight excluding hydrogens is 158 g/mol. The summed E-state index contributed by atoms with van der Waals surface area (Å²) in [4.78, 5) is 19.6. The van der Waals surface area contributed by atoms with Crippen molar-refractivity contribution in [2.45, 2.75) is 6.42 Å². The number of carbonyl (C=O) groups is 2. The fraction of sp³-hybridized carbons (Fsp3) is 0.250. The SMILES string of the molecule is O=CNCCC#CC#CC(=O)O. The average molecular weight is 165 g/mol. The molecule has 2 N–H and O–H groups in total. The number of nitrogens with one attached hydrogen (secondary N) is 1. The number of carboxylic acids is 1. The third-order valence-corrected chi connectivity index (χ3v) is 0.798. The van der Waals surface area contributed by atoms with Crippen molar-refractivity contribution in [2.24, 2.45) is 0 Å². The first-order chi connectivity index (χ1) is 5.77. The van der Waals surface area contributed by atoms with Crippen molar-refractivity contribution >= 4 is 12.4 Å². The third-order valence-electron chi connectivity index (χ3n) is 0.798. The van der Waals surface area contributed by atoms with Crippen LogP contribution < -0.4 is 5.32 Å². The monoisotopic (exact) mass is 165 g/mol. The number of carbonyl (C=O) groups excluding carboxylic acids is 1. The van der Waals surface area contributed by atoms with E-state index in [1.165, 1.54) is 0 Å². The Labute approximate surface area is 70.0 Å². The zero-order valence-electron chi connectivity index (χ0n) is 6.26. The van der Waals surface area contributed by atoms with Crippen LogP contribution in [0.3, 0.4) is 0 Å². The Balaban J connectivity index is 3.55. The molecule has 4 nitrogen and oxygen atoms in total. The summed E-state index contributed by atoms with van der Waals surface area (Å²) in [6.45, 7) is 0.450. The molecule has 0 aliphatic heterocycles. The predicted molar refractivity (Wildman–Crippen MR) is 41.9 cm³/mol. The van der Waals surface area contributed by atoms with Gasteiger partial charge in [-0.25, -0.2) is 4.79 Å². The van der Waals surface area contributed by atoms with Gasteiger partial charge < -0.3 is 10.4 Å². The molecule has 0 saturated carbocycles. The van der Waals surface area contributed by atoms with Gasteiger partial charge in [-0.15, -0.1) is 0 Å². The number of aliphatic carboxylic acids is 1. The van der Waals surface area contributed by atoms with E-state index in [4.69, 9.17) is 5.11 Å². The lowest BCUT2D eigenvalue weighted by molar-refractivity contribution is -0.130. The summed E-state index contributed by atoms with van der Waals surface area (Å²) >= 11 is 0. The highest BCUT2D eigenvalue weighted by Gasteiger charge is 1.79. The highest BCUT2D eigenvalue weighted by atomic mass is 16.4. The van der Waals surface area contributed by atoms with Gasteiger partial charge in [-0.3, -0.25) is 4.79 Å². The number of amides is 1. The Bertz CT molecular complexity index is 274. The van der Waals surface area contributed by atoms with Crippen LogP contribution in [0.1, 0.15) is 6.42 Å². The molecule has 0 heterocycles. The van der Waals surface area contributed by atoms with Crippen LogP contribution in [-0.2, 0) is 9.59 Å². The Morgan fingerprint density at radius 1 is 1.50 bits per heavy atom. The van der Waals surface area contributed by atoms with Crippen molar-refractivity contribution in [3.8, 4) is 23.7 Å². The van der Waals surface area contributed by atoms with Crippen molar-refractivity contribution in [3.05, 3.63) is 0 Å². The number of hydrogen-bond donors (Lipinski definition) is 2. The van der Waals surface area contributed by atoms with Crippen LogP contribution in [0.4, 0.5) is 0 Å². The van der Waals surface area contributed by atoms with Gasteiger partial charge in [0.2, 0.25) is 6.41 Å². The lowest BCUT2D eigenvalue weighted by atomic mass is 10.4. The maximum absolute atomic E-state index is 9.83. The van der Waals surface area contributed by atoms with E-state index in [0.717, 1.165) is 0 Å². The Morgan fingerprint density at radius 2 is 2.25 bits per heavy atom. The smallest absolute Gasteiger partial charge is 0.382 e. The van der Waals surface area contributed by atoms with Crippen molar-refractivity contribution in [3.63, 3.8) is 0 Å². The van der Waals surface area contributed by atoms with E-state index in [1.54, 1.807) is 0 Å². The van der Waals surface area contributed by atoms with E-state index >= 15 is 0 Å². The molecule has 0 atom stereocenters. The summed E-state index contributed by atoms with van der Waals surface area (Å²) in [5.74, 6) is 7.67. The minimum absolute atomic E-state index is 0.450. The molecule has 0 spiro atoms. The molecule has 0 bridgehead atoms. The van der Waals surface area contributed by atoms with E-state index in [2.05, 4.69) is 23.1 Å². The molecule has 1 amide bonds. The van der Waals surface area contributed by atoms with Crippen LogP contribution in [0.25, 0.3) is 0 Å². The standard InChI is InChI=1S/C8H7NO3/c10-7-9-6-4-2-1-3-5-8(11)12/h7H,4,6H2,(H,9,10)(H,11,12). The molecule has 0 aromatic rings. The lowest BCUT2D eigenvalue weighted by Gasteiger charge is -1.86. The normalized spacial score (nSPS) is 6.67. The topological polar surface area (TPSA) is 66.4 Å². The van der Waals surface area contributed by atoms with Crippen LogP contribution in [0.2, 0.25) is 0 Å². The van der Waals surface area contributed by atoms with Crippen molar-refractivity contribution < 1.29 is 14.7 Å². The van der Waals surface area contributed by atoms with E-state index in [9.17, 15) is 9.59 Å². The van der Waals surface area contributed by atoms with Gasteiger partial charge in [0.1, 0.15) is 0 Å². The van der Waals surface area contributed by atoms with E-state index in [-0.39, 0.29) is 0 Å². The quantitative estimate of drug-likeness (QED) is 0.327. The third kappa shape index (κ3) is 8.06. The second-order valence-corrected chi connectivity index (χ2v) is 1.68. The average Bonchev–Trinajstić information content (AvgIpc) is 2.02. The summed E-state index contributed by atoms with van der Waals surface area (Å²) in [7, 11) is 0. The van der Waals surface area contributed by atoms with Crippen LogP contribution in [0.15, 0.2) is 0 Å². The molecule has 0 aliphatic rings. The van der Waals surface area contributed by atoms with E-state index < -0.39 is 5.97 Å². The second-order valence-electron chi connectivity index (χ2n) is 1.68. The predicted octanol–water partition coefficient (Wildman–Crippen LogP) is -0.786. The first kappa shape index (κ1) is 10.1. The molecule has 12 heavy (non-hydrogen) atoms. The van der Waals surface area contributed by atoms with Crippen molar-refractivity contribution in [1.82, 2.24) is 5.32 Å². The summed E-state index contributed by atoms with van der Waals surface area (Å²) in [5.41, 5.74) is 0. The molecule has 0 aromatic heterocycles. The van der Waals surface area contributed by atoms with Gasteiger partial charge in [-0.1, -0.05) is 5.92 Å². The Kier molecular flexibility index (Phi) is 6.01. The summed E-state index contributed by atoms with van der Waals surface area (Å²) < 4.78 is 0. The second kappa shape index (κ2) is 7.17. The van der Waals surface area contributed by atoms with E-state index in [0.29, 0.717) is 19.4 Å². The zero-order chi connectivity index (χ0) is 9.23. The van der Waals surface area contributed by atoms with Gasteiger partial charge in [-0.05, 0) is 11.8 Å².